The number of hydrogen-bond donors (Lipinski definition) is 1. The SMILES string of the molecule is CCOc1ccccc1OC(C)CNC(CC)CC. The second kappa shape index (κ2) is 8.81. The average Bonchev–Trinajstić information content (AvgIpc) is 2.42. The molecule has 0 spiro atoms. The Morgan fingerprint density at radius 2 is 1.68 bits per heavy atom. The van der Waals surface area contributed by atoms with E-state index >= 15 is 0 Å². The van der Waals surface area contributed by atoms with Crippen molar-refractivity contribution in [2.45, 2.75) is 52.7 Å². The van der Waals surface area contributed by atoms with Crippen molar-refractivity contribution in [2.75, 3.05) is 13.2 Å². The van der Waals surface area contributed by atoms with Gasteiger partial charge in [0.25, 0.3) is 0 Å². The molecule has 0 fully saturated rings. The molecule has 0 aliphatic rings. The first kappa shape index (κ1) is 15.8. The number of ether oxygens (including phenoxy) is 2. The predicted molar refractivity (Wildman–Crippen MR) is 80.1 cm³/mol. The number of benzene rings is 1. The zero-order chi connectivity index (χ0) is 14.1. The lowest BCUT2D eigenvalue weighted by molar-refractivity contribution is 0.197. The fraction of sp³-hybridized carbons (Fsp3) is 0.625. The molecule has 1 N–H and O–H groups in total. The van der Waals surface area contributed by atoms with Crippen LogP contribution < -0.4 is 14.8 Å². The Balaban J connectivity index is 2.49. The molecule has 1 rings (SSSR count). The van der Waals surface area contributed by atoms with Crippen molar-refractivity contribution in [1.29, 1.82) is 0 Å². The van der Waals surface area contributed by atoms with Gasteiger partial charge in [0.15, 0.2) is 11.5 Å². The molecule has 1 aromatic rings. The zero-order valence-electron chi connectivity index (χ0n) is 12.6. The van der Waals surface area contributed by atoms with Gasteiger partial charge in [-0.15, -0.1) is 0 Å². The van der Waals surface area contributed by atoms with Gasteiger partial charge in [0.1, 0.15) is 6.10 Å². The Labute approximate surface area is 117 Å². The van der Waals surface area contributed by atoms with Gasteiger partial charge in [0, 0.05) is 12.6 Å². The molecule has 1 unspecified atom stereocenters. The van der Waals surface area contributed by atoms with E-state index in [1.807, 2.05) is 31.2 Å². The first-order valence-electron chi connectivity index (χ1n) is 7.33. The van der Waals surface area contributed by atoms with E-state index in [1.165, 1.54) is 0 Å². The van der Waals surface area contributed by atoms with Gasteiger partial charge in [-0.1, -0.05) is 26.0 Å². The summed E-state index contributed by atoms with van der Waals surface area (Å²) in [5.41, 5.74) is 0. The van der Waals surface area contributed by atoms with Crippen LogP contribution >= 0.6 is 0 Å². The number of hydrogen-bond acceptors (Lipinski definition) is 3. The van der Waals surface area contributed by atoms with Gasteiger partial charge in [-0.3, -0.25) is 0 Å². The summed E-state index contributed by atoms with van der Waals surface area (Å²) < 4.78 is 11.5. The third kappa shape index (κ3) is 5.52. The quantitative estimate of drug-likeness (QED) is 0.739. The van der Waals surface area contributed by atoms with Crippen LogP contribution in [0.3, 0.4) is 0 Å². The van der Waals surface area contributed by atoms with E-state index in [9.17, 15) is 0 Å². The number of nitrogens with one attached hydrogen (secondary N) is 1. The normalized spacial score (nSPS) is 12.5. The van der Waals surface area contributed by atoms with E-state index in [1.54, 1.807) is 0 Å². The molecule has 3 heteroatoms. The van der Waals surface area contributed by atoms with Crippen LogP contribution in [-0.2, 0) is 0 Å². The summed E-state index contributed by atoms with van der Waals surface area (Å²) in [6, 6.07) is 8.41. The lowest BCUT2D eigenvalue weighted by Gasteiger charge is -2.21. The highest BCUT2D eigenvalue weighted by Crippen LogP contribution is 2.27. The lowest BCUT2D eigenvalue weighted by atomic mass is 10.1. The fourth-order valence-electron chi connectivity index (χ4n) is 1.99. The summed E-state index contributed by atoms with van der Waals surface area (Å²) in [6.45, 7) is 9.98. The Kier molecular flexibility index (Phi) is 7.34. The molecule has 0 aliphatic heterocycles. The number of rotatable bonds is 9. The molecule has 0 saturated carbocycles. The highest BCUT2D eigenvalue weighted by Gasteiger charge is 2.10. The van der Waals surface area contributed by atoms with E-state index < -0.39 is 0 Å². The van der Waals surface area contributed by atoms with Crippen molar-refractivity contribution in [3.8, 4) is 11.5 Å². The molecule has 0 heterocycles. The summed E-state index contributed by atoms with van der Waals surface area (Å²) in [5.74, 6) is 1.64. The van der Waals surface area contributed by atoms with Gasteiger partial charge in [0.05, 0.1) is 6.61 Å². The summed E-state index contributed by atoms with van der Waals surface area (Å²) >= 11 is 0. The van der Waals surface area contributed by atoms with Gasteiger partial charge >= 0.3 is 0 Å². The van der Waals surface area contributed by atoms with E-state index in [2.05, 4.69) is 26.1 Å². The topological polar surface area (TPSA) is 30.5 Å². The van der Waals surface area contributed by atoms with Crippen LogP contribution in [0.2, 0.25) is 0 Å². The molecule has 3 nitrogen and oxygen atoms in total. The largest absolute Gasteiger partial charge is 0.490 e. The highest BCUT2D eigenvalue weighted by atomic mass is 16.5. The van der Waals surface area contributed by atoms with Crippen LogP contribution in [0.25, 0.3) is 0 Å². The molecule has 0 aromatic heterocycles. The molecular weight excluding hydrogens is 238 g/mol. The van der Waals surface area contributed by atoms with Crippen molar-refractivity contribution in [1.82, 2.24) is 5.32 Å². The first-order chi connectivity index (χ1) is 9.21. The van der Waals surface area contributed by atoms with Crippen molar-refractivity contribution in [2.24, 2.45) is 0 Å². The molecule has 0 aliphatic carbocycles. The second-order valence-corrected chi connectivity index (χ2v) is 4.73. The van der Waals surface area contributed by atoms with Crippen LogP contribution in [0.4, 0.5) is 0 Å². The molecule has 0 bridgehead atoms. The standard InChI is InChI=1S/C16H27NO2/c1-5-14(6-2)17-12-13(4)19-16-11-9-8-10-15(16)18-7-3/h8-11,13-14,17H,5-7,12H2,1-4H3. The van der Waals surface area contributed by atoms with Crippen LogP contribution in [-0.4, -0.2) is 25.3 Å². The monoisotopic (exact) mass is 265 g/mol. The maximum atomic E-state index is 5.95. The molecule has 0 saturated heterocycles. The van der Waals surface area contributed by atoms with Gasteiger partial charge in [0.2, 0.25) is 0 Å². The van der Waals surface area contributed by atoms with Crippen LogP contribution in [0.15, 0.2) is 24.3 Å². The van der Waals surface area contributed by atoms with Gasteiger partial charge in [-0.05, 0) is 38.8 Å². The average molecular weight is 265 g/mol. The summed E-state index contributed by atoms with van der Waals surface area (Å²) in [7, 11) is 0. The minimum absolute atomic E-state index is 0.127. The molecule has 0 amide bonds. The maximum absolute atomic E-state index is 5.95. The third-order valence-electron chi connectivity index (χ3n) is 3.16. The van der Waals surface area contributed by atoms with Crippen molar-refractivity contribution in [3.63, 3.8) is 0 Å². The summed E-state index contributed by atoms with van der Waals surface area (Å²) in [6.07, 6.45) is 2.43. The predicted octanol–water partition coefficient (Wildman–Crippen LogP) is 3.63. The third-order valence-corrected chi connectivity index (χ3v) is 3.16. The maximum Gasteiger partial charge on any atom is 0.161 e. The van der Waals surface area contributed by atoms with E-state index in [0.29, 0.717) is 12.6 Å². The minimum Gasteiger partial charge on any atom is -0.490 e. The fourth-order valence-corrected chi connectivity index (χ4v) is 1.99. The van der Waals surface area contributed by atoms with Gasteiger partial charge < -0.3 is 14.8 Å². The molecule has 108 valence electrons. The van der Waals surface area contributed by atoms with Crippen molar-refractivity contribution < 1.29 is 9.47 Å². The molecule has 19 heavy (non-hydrogen) atoms. The van der Waals surface area contributed by atoms with E-state index in [0.717, 1.165) is 30.9 Å². The van der Waals surface area contributed by atoms with Gasteiger partial charge in [-0.2, -0.15) is 0 Å². The highest BCUT2D eigenvalue weighted by molar-refractivity contribution is 5.39. The molecule has 0 radical (unpaired) electrons. The Morgan fingerprint density at radius 3 is 2.26 bits per heavy atom. The van der Waals surface area contributed by atoms with E-state index in [-0.39, 0.29) is 6.10 Å². The Hall–Kier alpha value is -1.22. The first-order valence-corrected chi connectivity index (χ1v) is 7.33. The lowest BCUT2D eigenvalue weighted by Crippen LogP contribution is -2.36. The van der Waals surface area contributed by atoms with Crippen molar-refractivity contribution >= 4 is 0 Å². The number of para-hydroxylation sites is 2. The Bertz CT molecular complexity index is 350. The van der Waals surface area contributed by atoms with E-state index in [4.69, 9.17) is 9.47 Å². The van der Waals surface area contributed by atoms with Crippen LogP contribution in [0.1, 0.15) is 40.5 Å². The molecular formula is C16H27NO2. The van der Waals surface area contributed by atoms with Crippen LogP contribution in [0, 0.1) is 0 Å². The summed E-state index contributed by atoms with van der Waals surface area (Å²) in [5, 5.41) is 3.52. The Morgan fingerprint density at radius 1 is 1.05 bits per heavy atom. The zero-order valence-corrected chi connectivity index (χ0v) is 12.6. The molecule has 1 aromatic carbocycles. The van der Waals surface area contributed by atoms with Gasteiger partial charge in [-0.25, -0.2) is 0 Å². The smallest absolute Gasteiger partial charge is 0.161 e. The van der Waals surface area contributed by atoms with Crippen molar-refractivity contribution in [3.05, 3.63) is 24.3 Å². The minimum atomic E-state index is 0.127. The molecule has 1 atom stereocenters. The van der Waals surface area contributed by atoms with Crippen LogP contribution in [0.5, 0.6) is 11.5 Å². The summed E-state index contributed by atoms with van der Waals surface area (Å²) in [4.78, 5) is 0. The second-order valence-electron chi connectivity index (χ2n) is 4.73.